The van der Waals surface area contributed by atoms with Crippen molar-refractivity contribution in [1.29, 1.82) is 5.26 Å². The zero-order chi connectivity index (χ0) is 21.5. The van der Waals surface area contributed by atoms with Crippen LogP contribution in [0, 0.1) is 18.3 Å². The number of thiophene rings is 1. The highest BCUT2D eigenvalue weighted by atomic mass is 32.1. The summed E-state index contributed by atoms with van der Waals surface area (Å²) >= 11 is 1.38. The number of anilines is 1. The van der Waals surface area contributed by atoms with Crippen molar-refractivity contribution in [2.75, 3.05) is 19.0 Å². The summed E-state index contributed by atoms with van der Waals surface area (Å²) in [6, 6.07) is 17.3. The number of carbonyl (C=O) groups is 2. The molecule has 7 nitrogen and oxygen atoms in total. The largest absolute Gasteiger partial charge is 0.493 e. The molecule has 1 aromatic heterocycles. The van der Waals surface area contributed by atoms with Gasteiger partial charge in [0.05, 0.1) is 30.2 Å². The highest BCUT2D eigenvalue weighted by Gasteiger charge is 2.11. The number of hydrogen-bond acceptors (Lipinski definition) is 6. The van der Waals surface area contributed by atoms with E-state index in [-0.39, 0.29) is 18.4 Å². The van der Waals surface area contributed by atoms with Crippen LogP contribution in [0.25, 0.3) is 0 Å². The van der Waals surface area contributed by atoms with Gasteiger partial charge >= 0.3 is 0 Å². The van der Waals surface area contributed by atoms with Crippen molar-refractivity contribution in [1.82, 2.24) is 5.32 Å². The molecule has 2 N–H and O–H groups in total. The highest BCUT2D eigenvalue weighted by molar-refractivity contribution is 7.13. The van der Waals surface area contributed by atoms with Crippen molar-refractivity contribution >= 4 is 28.8 Å². The number of rotatable bonds is 7. The molecule has 0 aliphatic rings. The Bertz CT molecular complexity index is 1100. The Hall–Kier alpha value is -3.83. The van der Waals surface area contributed by atoms with Crippen LogP contribution in [-0.2, 0) is 4.79 Å². The third-order valence-corrected chi connectivity index (χ3v) is 5.03. The standard InChI is InChI=1S/C22H19N3O4S/c1-14-3-10-20(30-14)22(27)24-13-21(26)25-16-5-7-17(8-6-16)29-18-9-4-15(12-23)11-19(18)28-2/h3-11H,13H2,1-2H3,(H,24,27)(H,25,26). The number of hydrogen-bond donors (Lipinski definition) is 2. The number of nitriles is 1. The molecule has 0 radical (unpaired) electrons. The van der Waals surface area contributed by atoms with Gasteiger partial charge in [0, 0.05) is 16.6 Å². The zero-order valence-electron chi connectivity index (χ0n) is 16.4. The lowest BCUT2D eigenvalue weighted by atomic mass is 10.2. The van der Waals surface area contributed by atoms with E-state index in [4.69, 9.17) is 14.7 Å². The number of carbonyl (C=O) groups excluding carboxylic acids is 2. The highest BCUT2D eigenvalue weighted by Crippen LogP contribution is 2.32. The first-order chi connectivity index (χ1) is 14.5. The van der Waals surface area contributed by atoms with Gasteiger partial charge in [0.15, 0.2) is 11.5 Å². The lowest BCUT2D eigenvalue weighted by Gasteiger charge is -2.11. The summed E-state index contributed by atoms with van der Waals surface area (Å²) in [5, 5.41) is 14.3. The Kier molecular flexibility index (Phi) is 6.67. The molecule has 3 aromatic rings. The van der Waals surface area contributed by atoms with Crippen molar-refractivity contribution in [2.24, 2.45) is 0 Å². The molecule has 3 rings (SSSR count). The number of aryl methyl sites for hydroxylation is 1. The van der Waals surface area contributed by atoms with Gasteiger partial charge in [-0.2, -0.15) is 5.26 Å². The molecule has 2 amide bonds. The van der Waals surface area contributed by atoms with Crippen molar-refractivity contribution < 1.29 is 19.1 Å². The minimum atomic E-state index is -0.334. The minimum absolute atomic E-state index is 0.128. The average Bonchev–Trinajstić information content (AvgIpc) is 3.20. The molecule has 0 spiro atoms. The SMILES string of the molecule is COc1cc(C#N)ccc1Oc1ccc(NC(=O)CNC(=O)c2ccc(C)s2)cc1. The normalized spacial score (nSPS) is 10.0. The summed E-state index contributed by atoms with van der Waals surface area (Å²) in [4.78, 5) is 25.7. The van der Waals surface area contributed by atoms with E-state index < -0.39 is 0 Å². The van der Waals surface area contributed by atoms with Crippen LogP contribution in [-0.4, -0.2) is 25.5 Å². The van der Waals surface area contributed by atoms with Crippen LogP contribution in [0.2, 0.25) is 0 Å². The van der Waals surface area contributed by atoms with Crippen LogP contribution >= 0.6 is 11.3 Å². The van der Waals surface area contributed by atoms with Crippen LogP contribution in [0.15, 0.2) is 54.6 Å². The molecular formula is C22H19N3O4S. The predicted molar refractivity (Wildman–Crippen MR) is 114 cm³/mol. The fourth-order valence-electron chi connectivity index (χ4n) is 2.56. The monoisotopic (exact) mass is 421 g/mol. The Morgan fingerprint density at radius 1 is 1.07 bits per heavy atom. The lowest BCUT2D eigenvalue weighted by Crippen LogP contribution is -2.32. The van der Waals surface area contributed by atoms with Crippen LogP contribution in [0.3, 0.4) is 0 Å². The van der Waals surface area contributed by atoms with E-state index in [1.807, 2.05) is 19.1 Å². The fourth-order valence-corrected chi connectivity index (χ4v) is 3.35. The van der Waals surface area contributed by atoms with Gasteiger partial charge in [-0.1, -0.05) is 0 Å². The van der Waals surface area contributed by atoms with E-state index in [0.29, 0.717) is 33.4 Å². The number of nitrogens with one attached hydrogen (secondary N) is 2. The van der Waals surface area contributed by atoms with Crippen molar-refractivity contribution in [2.45, 2.75) is 6.92 Å². The summed E-state index contributed by atoms with van der Waals surface area (Å²) < 4.78 is 11.0. The summed E-state index contributed by atoms with van der Waals surface area (Å²) in [6.45, 7) is 1.79. The second kappa shape index (κ2) is 9.58. The number of benzene rings is 2. The van der Waals surface area contributed by atoms with E-state index in [9.17, 15) is 9.59 Å². The first kappa shape index (κ1) is 20.9. The lowest BCUT2D eigenvalue weighted by molar-refractivity contribution is -0.115. The summed E-state index contributed by atoms with van der Waals surface area (Å²) in [5.41, 5.74) is 1.04. The van der Waals surface area contributed by atoms with Crippen LogP contribution in [0.5, 0.6) is 17.2 Å². The van der Waals surface area contributed by atoms with Crippen molar-refractivity contribution in [3.05, 3.63) is 69.9 Å². The van der Waals surface area contributed by atoms with E-state index in [1.165, 1.54) is 18.4 Å². The molecule has 0 bridgehead atoms. The second-order valence-corrected chi connectivity index (χ2v) is 7.53. The molecule has 1 heterocycles. The summed E-state index contributed by atoms with van der Waals surface area (Å²) in [5.74, 6) is 0.850. The van der Waals surface area contributed by atoms with E-state index in [0.717, 1.165) is 4.88 Å². The maximum absolute atomic E-state index is 12.1. The van der Waals surface area contributed by atoms with E-state index >= 15 is 0 Å². The summed E-state index contributed by atoms with van der Waals surface area (Å²) in [6.07, 6.45) is 0. The number of amides is 2. The molecule has 0 saturated carbocycles. The maximum Gasteiger partial charge on any atom is 0.261 e. The van der Waals surface area contributed by atoms with Gasteiger partial charge in [0.1, 0.15) is 5.75 Å². The smallest absolute Gasteiger partial charge is 0.261 e. The third-order valence-electron chi connectivity index (χ3n) is 4.03. The number of methoxy groups -OCH3 is 1. The predicted octanol–water partition coefficient (Wildman–Crippen LogP) is 4.10. The molecule has 0 aliphatic carbocycles. The molecule has 0 fully saturated rings. The van der Waals surface area contributed by atoms with Gasteiger partial charge in [-0.05, 0) is 55.5 Å². The first-order valence-corrected chi connectivity index (χ1v) is 9.80. The van der Waals surface area contributed by atoms with Crippen LogP contribution in [0.1, 0.15) is 20.1 Å². The number of ether oxygens (including phenoxy) is 2. The first-order valence-electron chi connectivity index (χ1n) is 8.99. The average molecular weight is 421 g/mol. The number of nitrogens with zero attached hydrogens (tertiary/aromatic N) is 1. The van der Waals surface area contributed by atoms with Gasteiger partial charge in [0.25, 0.3) is 5.91 Å². The van der Waals surface area contributed by atoms with Crippen molar-refractivity contribution in [3.63, 3.8) is 0 Å². The van der Waals surface area contributed by atoms with Crippen LogP contribution < -0.4 is 20.1 Å². The Morgan fingerprint density at radius 2 is 1.83 bits per heavy atom. The second-order valence-electron chi connectivity index (χ2n) is 6.25. The molecule has 2 aromatic carbocycles. The van der Waals surface area contributed by atoms with Gasteiger partial charge in [-0.15, -0.1) is 11.3 Å². The molecule has 0 atom stereocenters. The molecular weight excluding hydrogens is 402 g/mol. The minimum Gasteiger partial charge on any atom is -0.493 e. The third kappa shape index (κ3) is 5.37. The van der Waals surface area contributed by atoms with Gasteiger partial charge in [-0.3, -0.25) is 9.59 Å². The fraction of sp³-hybridized carbons (Fsp3) is 0.136. The molecule has 0 unspecified atom stereocenters. The molecule has 0 saturated heterocycles. The zero-order valence-corrected chi connectivity index (χ0v) is 17.2. The Balaban J connectivity index is 1.55. The topological polar surface area (TPSA) is 100 Å². The van der Waals surface area contributed by atoms with Crippen molar-refractivity contribution in [3.8, 4) is 23.3 Å². The maximum atomic E-state index is 12.1. The van der Waals surface area contributed by atoms with Gasteiger partial charge in [-0.25, -0.2) is 0 Å². The molecule has 8 heteroatoms. The summed E-state index contributed by atoms with van der Waals surface area (Å²) in [7, 11) is 1.50. The van der Waals surface area contributed by atoms with Gasteiger partial charge in [0.2, 0.25) is 5.91 Å². The molecule has 152 valence electrons. The van der Waals surface area contributed by atoms with Gasteiger partial charge < -0.3 is 20.1 Å². The molecule has 30 heavy (non-hydrogen) atoms. The van der Waals surface area contributed by atoms with E-state index in [1.54, 1.807) is 48.5 Å². The Morgan fingerprint density at radius 3 is 2.47 bits per heavy atom. The quantitative estimate of drug-likeness (QED) is 0.598. The van der Waals surface area contributed by atoms with E-state index in [2.05, 4.69) is 10.6 Å². The molecule has 0 aliphatic heterocycles. The Labute approximate surface area is 177 Å². The van der Waals surface area contributed by atoms with Crippen LogP contribution in [0.4, 0.5) is 5.69 Å².